The van der Waals surface area contributed by atoms with Crippen LogP contribution in [0.15, 0.2) is 24.3 Å². The van der Waals surface area contributed by atoms with Gasteiger partial charge in [0.1, 0.15) is 17.2 Å². The van der Waals surface area contributed by atoms with Crippen LogP contribution in [0, 0.1) is 0 Å². The smallest absolute Gasteiger partial charge is 0.508 e. The first-order chi connectivity index (χ1) is 18.5. The minimum atomic E-state index is -1.27. The minimum Gasteiger partial charge on any atom is -0.508 e. The third kappa shape index (κ3) is 7.65. The molecule has 0 aromatic heterocycles. The van der Waals surface area contributed by atoms with Crippen molar-refractivity contribution in [3.8, 4) is 17.2 Å². The molecule has 11 N–H and O–H groups in total. The number of phenols is 3. The molecule has 0 fully saturated rings. The van der Waals surface area contributed by atoms with Crippen molar-refractivity contribution >= 4 is 11.9 Å². The summed E-state index contributed by atoms with van der Waals surface area (Å²) >= 11 is 0. The molecule has 3 rings (SSSR count). The Hall–Kier alpha value is -2.98. The summed E-state index contributed by atoms with van der Waals surface area (Å²) < 4.78 is 0. The van der Waals surface area contributed by atoms with E-state index in [0.717, 1.165) is 6.07 Å². The van der Waals surface area contributed by atoms with Gasteiger partial charge in [-0.3, -0.25) is 19.4 Å². The molecule has 228 valence electrons. The van der Waals surface area contributed by atoms with E-state index in [2.05, 4.69) is 0 Å². The Morgan fingerprint density at radius 2 is 1.44 bits per heavy atom. The molecule has 0 aliphatic carbocycles. The van der Waals surface area contributed by atoms with E-state index in [4.69, 9.17) is 0 Å². The molecule has 1 aliphatic rings. The van der Waals surface area contributed by atoms with Crippen molar-refractivity contribution < 1.29 is 78.1 Å². The Morgan fingerprint density at radius 3 is 1.95 bits per heavy atom. The van der Waals surface area contributed by atoms with Crippen LogP contribution in [-0.2, 0) is 53.0 Å². The number of rotatable bonds is 12. The average Bonchev–Trinajstić information content (AvgIpc) is 2.87. The van der Waals surface area contributed by atoms with E-state index in [1.54, 1.807) is 11.8 Å². The molecule has 0 saturated heterocycles. The summed E-state index contributed by atoms with van der Waals surface area (Å²) in [4.78, 5) is 27.0. The van der Waals surface area contributed by atoms with Gasteiger partial charge in [-0.15, -0.1) is 0 Å². The second kappa shape index (κ2) is 15.3. The summed E-state index contributed by atoms with van der Waals surface area (Å²) in [6.45, 7) is -1.52. The van der Waals surface area contributed by atoms with E-state index in [9.17, 15) is 55.5 Å². The van der Waals surface area contributed by atoms with Gasteiger partial charge in [0.25, 0.3) is 0 Å². The standard InChI is InChI=1S/C26H34N2O11.Fe.H2O/c1-13-25(26(38)39)18-5-23(35)16(9-29)2-14(18)7-28(13)20(12-32)19(11-31)27(8-24(36)37)6-15-3-22(34)17(10-30)4-21(15)33;;/h2-5,13,19-20,25,29-35H,6-12H2,1H3,(H,36,37)(H,38,39);;1H2/q;+2;/t13-,19-,20?,25-;;/m1../s1. The van der Waals surface area contributed by atoms with Crippen LogP contribution in [0.5, 0.6) is 17.2 Å². The number of hydrogen-bond donors (Lipinski definition) is 9. The van der Waals surface area contributed by atoms with Crippen molar-refractivity contribution in [3.05, 3.63) is 52.1 Å². The quantitative estimate of drug-likeness (QED) is 0.0979. The third-order valence-corrected chi connectivity index (χ3v) is 7.35. The number of aliphatic hydroxyl groups is 4. The molecule has 2 aromatic carbocycles. The van der Waals surface area contributed by atoms with Crippen molar-refractivity contribution in [1.82, 2.24) is 9.80 Å². The normalized spacial score (nSPS) is 18.1. The molecule has 14 nitrogen and oxygen atoms in total. The Labute approximate surface area is 246 Å². The van der Waals surface area contributed by atoms with Crippen LogP contribution in [0.2, 0.25) is 0 Å². The molecule has 0 saturated carbocycles. The van der Waals surface area contributed by atoms with Crippen LogP contribution in [-0.4, -0.2) is 111 Å². The van der Waals surface area contributed by atoms with E-state index in [1.807, 2.05) is 0 Å². The van der Waals surface area contributed by atoms with Gasteiger partial charge in [-0.2, -0.15) is 0 Å². The first-order valence-electron chi connectivity index (χ1n) is 12.2. The summed E-state index contributed by atoms with van der Waals surface area (Å²) in [6, 6.07) is 2.25. The fraction of sp³-hybridized carbons (Fsp3) is 0.462. The van der Waals surface area contributed by atoms with Crippen LogP contribution >= 0.6 is 0 Å². The molecule has 2 aromatic rings. The van der Waals surface area contributed by atoms with Gasteiger partial charge in [-0.25, -0.2) is 0 Å². The van der Waals surface area contributed by atoms with Crippen LogP contribution in [0.1, 0.15) is 40.7 Å². The summed E-state index contributed by atoms with van der Waals surface area (Å²) in [6.07, 6.45) is 0. The number of carboxylic acid groups (broad SMARTS) is 2. The monoisotopic (exact) mass is 624 g/mol. The Morgan fingerprint density at radius 1 is 0.902 bits per heavy atom. The maximum absolute atomic E-state index is 12.3. The zero-order valence-corrected chi connectivity index (χ0v) is 23.3. The Bertz CT molecular complexity index is 1210. The molecule has 1 heterocycles. The third-order valence-electron chi connectivity index (χ3n) is 7.35. The van der Waals surface area contributed by atoms with Gasteiger partial charge in [0, 0.05) is 35.8 Å². The summed E-state index contributed by atoms with van der Waals surface area (Å²) in [5, 5.41) is 90.2. The van der Waals surface area contributed by atoms with Crippen molar-refractivity contribution in [1.29, 1.82) is 0 Å². The SMILES string of the molecule is C[C@@H]1[C@@H](C(=O)O)c2cc(O)c(CO)cc2CN1C(CO)[C@@H](CO)N(CC(=O)O)Cc1cc(O)c(CO)cc1O.O.[Fe+2]. The first-order valence-corrected chi connectivity index (χ1v) is 12.2. The van der Waals surface area contributed by atoms with Gasteiger partial charge in [0.15, 0.2) is 0 Å². The van der Waals surface area contributed by atoms with E-state index in [-0.39, 0.29) is 69.6 Å². The number of benzene rings is 2. The zero-order valence-electron chi connectivity index (χ0n) is 22.2. The van der Waals surface area contributed by atoms with Gasteiger partial charge in [0.2, 0.25) is 0 Å². The largest absolute Gasteiger partial charge is 2.00 e. The molecule has 15 heteroatoms. The number of hydrogen-bond acceptors (Lipinski definition) is 11. The fourth-order valence-corrected chi connectivity index (χ4v) is 5.33. The molecule has 41 heavy (non-hydrogen) atoms. The number of carbonyl (C=O) groups is 2. The number of carboxylic acids is 2. The number of aliphatic carboxylic acids is 2. The van der Waals surface area contributed by atoms with Gasteiger partial charge < -0.3 is 51.4 Å². The number of aliphatic hydroxyl groups excluding tert-OH is 4. The maximum Gasteiger partial charge on any atom is 2.00 e. The zero-order chi connectivity index (χ0) is 29.0. The Kier molecular flexibility index (Phi) is 13.5. The second-order valence-corrected chi connectivity index (χ2v) is 9.63. The predicted molar refractivity (Wildman–Crippen MR) is 139 cm³/mol. The predicted octanol–water partition coefficient (Wildman–Crippen LogP) is -1.36. The van der Waals surface area contributed by atoms with Crippen LogP contribution in [0.25, 0.3) is 0 Å². The summed E-state index contributed by atoms with van der Waals surface area (Å²) in [7, 11) is 0. The van der Waals surface area contributed by atoms with E-state index in [0.29, 0.717) is 11.1 Å². The Balaban J connectivity index is 0.00000420. The van der Waals surface area contributed by atoms with Crippen molar-refractivity contribution in [2.24, 2.45) is 0 Å². The molecule has 0 bridgehead atoms. The van der Waals surface area contributed by atoms with Crippen molar-refractivity contribution in [2.75, 3.05) is 19.8 Å². The fourth-order valence-electron chi connectivity index (χ4n) is 5.33. The number of fused-ring (bicyclic) bond motifs is 1. The van der Waals surface area contributed by atoms with Crippen molar-refractivity contribution in [3.63, 3.8) is 0 Å². The number of nitrogens with zero attached hydrogens (tertiary/aromatic N) is 2. The average molecular weight is 624 g/mol. The summed E-state index contributed by atoms with van der Waals surface area (Å²) in [5.41, 5.74) is 1.15. The molecule has 1 unspecified atom stereocenters. The van der Waals surface area contributed by atoms with Crippen molar-refractivity contribution in [2.45, 2.75) is 57.3 Å². The minimum absolute atomic E-state index is 0. The van der Waals surface area contributed by atoms with Gasteiger partial charge >= 0.3 is 29.0 Å². The molecule has 0 spiro atoms. The first kappa shape index (κ1) is 36.0. The molecule has 1 aliphatic heterocycles. The molecule has 0 radical (unpaired) electrons. The van der Waals surface area contributed by atoms with Crippen LogP contribution in [0.3, 0.4) is 0 Å². The van der Waals surface area contributed by atoms with E-state index >= 15 is 0 Å². The topological polar surface area (TPSA) is 254 Å². The molecule has 0 amide bonds. The van der Waals surface area contributed by atoms with Gasteiger partial charge in [-0.05, 0) is 42.3 Å². The van der Waals surface area contributed by atoms with E-state index in [1.165, 1.54) is 23.1 Å². The van der Waals surface area contributed by atoms with Gasteiger partial charge in [0.05, 0.1) is 51.0 Å². The van der Waals surface area contributed by atoms with Crippen LogP contribution in [0.4, 0.5) is 0 Å². The molecular formula is C26H36FeN2O12+2. The van der Waals surface area contributed by atoms with Gasteiger partial charge in [-0.1, -0.05) is 0 Å². The van der Waals surface area contributed by atoms with E-state index < -0.39 is 69.0 Å². The molecular weight excluding hydrogens is 588 g/mol. The van der Waals surface area contributed by atoms with Crippen LogP contribution < -0.4 is 0 Å². The number of phenolic OH excluding ortho intramolecular Hbond substituents is 1. The number of aromatic hydroxyl groups is 3. The second-order valence-electron chi connectivity index (χ2n) is 9.63. The maximum atomic E-state index is 12.3. The molecule has 4 atom stereocenters. The summed E-state index contributed by atoms with van der Waals surface area (Å²) in [5.74, 6) is -4.53.